The highest BCUT2D eigenvalue weighted by Crippen LogP contribution is 2.31. The average Bonchev–Trinajstić information content (AvgIpc) is 2.47. The zero-order valence-electron chi connectivity index (χ0n) is 11.8. The first-order valence-corrected chi connectivity index (χ1v) is 6.24. The lowest BCUT2D eigenvalue weighted by Crippen LogP contribution is -1.96. The first-order valence-electron chi connectivity index (χ1n) is 6.24. The Morgan fingerprint density at radius 1 is 0.950 bits per heavy atom. The van der Waals surface area contributed by atoms with Gasteiger partial charge >= 0.3 is 0 Å². The number of nitrogens with one attached hydrogen (secondary N) is 1. The summed E-state index contributed by atoms with van der Waals surface area (Å²) >= 11 is 0. The number of methoxy groups -OCH3 is 2. The van der Waals surface area contributed by atoms with Crippen molar-refractivity contribution in [2.75, 3.05) is 19.5 Å². The zero-order chi connectivity index (χ0) is 14.5. The first-order chi connectivity index (χ1) is 9.63. The molecule has 0 unspecified atom stereocenters. The Morgan fingerprint density at radius 3 is 2.30 bits per heavy atom. The Morgan fingerprint density at radius 2 is 1.65 bits per heavy atom. The normalized spacial score (nSPS) is 9.95. The summed E-state index contributed by atoms with van der Waals surface area (Å²) in [6, 6.07) is 12.9. The second-order valence-electron chi connectivity index (χ2n) is 4.33. The van der Waals surface area contributed by atoms with Gasteiger partial charge in [0.1, 0.15) is 0 Å². The van der Waals surface area contributed by atoms with E-state index >= 15 is 0 Å². The SMILES string of the molecule is COc1ccc(Nc2cccc(C(C)=O)c2)cc1OC. The molecular weight excluding hydrogens is 254 g/mol. The van der Waals surface area contributed by atoms with Crippen LogP contribution in [0, 0.1) is 0 Å². The lowest BCUT2D eigenvalue weighted by molar-refractivity contribution is 0.101. The minimum atomic E-state index is 0.0426. The molecule has 0 bridgehead atoms. The summed E-state index contributed by atoms with van der Waals surface area (Å²) in [6.07, 6.45) is 0. The summed E-state index contributed by atoms with van der Waals surface area (Å²) in [5, 5.41) is 3.24. The molecule has 0 fully saturated rings. The Hall–Kier alpha value is -2.49. The quantitative estimate of drug-likeness (QED) is 0.843. The number of carbonyl (C=O) groups excluding carboxylic acids is 1. The van der Waals surface area contributed by atoms with E-state index in [9.17, 15) is 4.79 Å². The topological polar surface area (TPSA) is 47.6 Å². The van der Waals surface area contributed by atoms with Crippen molar-refractivity contribution < 1.29 is 14.3 Å². The number of benzene rings is 2. The number of carbonyl (C=O) groups is 1. The number of ketones is 1. The van der Waals surface area contributed by atoms with E-state index in [0.29, 0.717) is 17.1 Å². The molecule has 0 saturated carbocycles. The summed E-state index contributed by atoms with van der Waals surface area (Å²) in [6.45, 7) is 1.55. The molecule has 0 aliphatic heterocycles. The number of Topliss-reactive ketones (excluding diaryl/α,β-unsaturated/α-hetero) is 1. The van der Waals surface area contributed by atoms with E-state index < -0.39 is 0 Å². The van der Waals surface area contributed by atoms with E-state index in [2.05, 4.69) is 5.32 Å². The van der Waals surface area contributed by atoms with Gasteiger partial charge in [0.2, 0.25) is 0 Å². The molecule has 20 heavy (non-hydrogen) atoms. The third-order valence-electron chi connectivity index (χ3n) is 2.94. The average molecular weight is 271 g/mol. The maximum Gasteiger partial charge on any atom is 0.162 e. The second kappa shape index (κ2) is 6.10. The van der Waals surface area contributed by atoms with Crippen molar-refractivity contribution in [2.24, 2.45) is 0 Å². The molecule has 0 aromatic heterocycles. The van der Waals surface area contributed by atoms with Crippen LogP contribution in [-0.2, 0) is 0 Å². The van der Waals surface area contributed by atoms with Crippen LogP contribution in [0.5, 0.6) is 11.5 Å². The number of anilines is 2. The van der Waals surface area contributed by atoms with Crippen molar-refractivity contribution in [3.8, 4) is 11.5 Å². The van der Waals surface area contributed by atoms with Crippen molar-refractivity contribution in [3.63, 3.8) is 0 Å². The molecule has 0 spiro atoms. The molecule has 4 nitrogen and oxygen atoms in total. The van der Waals surface area contributed by atoms with Gasteiger partial charge in [-0.05, 0) is 31.2 Å². The predicted molar refractivity (Wildman–Crippen MR) is 79.3 cm³/mol. The smallest absolute Gasteiger partial charge is 0.162 e. The Balaban J connectivity index is 2.25. The van der Waals surface area contributed by atoms with Crippen molar-refractivity contribution >= 4 is 17.2 Å². The van der Waals surface area contributed by atoms with Gasteiger partial charge in [0, 0.05) is 23.0 Å². The van der Waals surface area contributed by atoms with Gasteiger partial charge in [-0.25, -0.2) is 0 Å². The molecule has 1 N–H and O–H groups in total. The van der Waals surface area contributed by atoms with Gasteiger partial charge in [-0.1, -0.05) is 12.1 Å². The third kappa shape index (κ3) is 3.09. The predicted octanol–water partition coefficient (Wildman–Crippen LogP) is 3.65. The molecule has 0 amide bonds. The van der Waals surface area contributed by atoms with Gasteiger partial charge in [-0.15, -0.1) is 0 Å². The van der Waals surface area contributed by atoms with Gasteiger partial charge in [0.15, 0.2) is 17.3 Å². The number of hydrogen-bond acceptors (Lipinski definition) is 4. The van der Waals surface area contributed by atoms with E-state index in [1.165, 1.54) is 0 Å². The van der Waals surface area contributed by atoms with Crippen LogP contribution < -0.4 is 14.8 Å². The lowest BCUT2D eigenvalue weighted by atomic mass is 10.1. The van der Waals surface area contributed by atoms with Crippen LogP contribution in [-0.4, -0.2) is 20.0 Å². The molecule has 2 aromatic carbocycles. The fraction of sp³-hybridized carbons (Fsp3) is 0.188. The number of ether oxygens (including phenoxy) is 2. The standard InChI is InChI=1S/C16H17NO3/c1-11(18)12-5-4-6-13(9-12)17-14-7-8-15(19-2)16(10-14)20-3/h4-10,17H,1-3H3. The van der Waals surface area contributed by atoms with Crippen LogP contribution in [0.15, 0.2) is 42.5 Å². The number of hydrogen-bond donors (Lipinski definition) is 1. The monoisotopic (exact) mass is 271 g/mol. The van der Waals surface area contributed by atoms with Gasteiger partial charge in [0.25, 0.3) is 0 Å². The van der Waals surface area contributed by atoms with Gasteiger partial charge < -0.3 is 14.8 Å². The van der Waals surface area contributed by atoms with Crippen LogP contribution in [0.4, 0.5) is 11.4 Å². The van der Waals surface area contributed by atoms with E-state index in [0.717, 1.165) is 11.4 Å². The third-order valence-corrected chi connectivity index (χ3v) is 2.94. The molecule has 4 heteroatoms. The molecule has 2 aromatic rings. The molecule has 104 valence electrons. The van der Waals surface area contributed by atoms with E-state index in [-0.39, 0.29) is 5.78 Å². The molecule has 0 aliphatic carbocycles. The summed E-state index contributed by atoms with van der Waals surface area (Å²) in [4.78, 5) is 11.4. The molecular formula is C16H17NO3. The highest BCUT2D eigenvalue weighted by Gasteiger charge is 2.05. The molecule has 0 saturated heterocycles. The molecule has 0 atom stereocenters. The molecule has 0 heterocycles. The van der Waals surface area contributed by atoms with E-state index in [1.54, 1.807) is 27.2 Å². The maximum absolute atomic E-state index is 11.4. The first kappa shape index (κ1) is 13.9. The Labute approximate surface area is 118 Å². The van der Waals surface area contributed by atoms with Crippen molar-refractivity contribution in [2.45, 2.75) is 6.92 Å². The summed E-state index contributed by atoms with van der Waals surface area (Å²) < 4.78 is 10.5. The molecule has 0 aliphatic rings. The summed E-state index contributed by atoms with van der Waals surface area (Å²) in [7, 11) is 3.19. The van der Waals surface area contributed by atoms with Crippen molar-refractivity contribution in [1.29, 1.82) is 0 Å². The number of rotatable bonds is 5. The highest BCUT2D eigenvalue weighted by molar-refractivity contribution is 5.95. The Kier molecular flexibility index (Phi) is 4.25. The second-order valence-corrected chi connectivity index (χ2v) is 4.33. The molecule has 2 rings (SSSR count). The minimum absolute atomic E-state index is 0.0426. The minimum Gasteiger partial charge on any atom is -0.493 e. The maximum atomic E-state index is 11.4. The fourth-order valence-corrected chi connectivity index (χ4v) is 1.90. The fourth-order valence-electron chi connectivity index (χ4n) is 1.90. The van der Waals surface area contributed by atoms with Gasteiger partial charge in [-0.3, -0.25) is 4.79 Å². The summed E-state index contributed by atoms with van der Waals surface area (Å²) in [5.41, 5.74) is 2.39. The lowest BCUT2D eigenvalue weighted by Gasteiger charge is -2.11. The van der Waals surface area contributed by atoms with Crippen molar-refractivity contribution in [1.82, 2.24) is 0 Å². The van der Waals surface area contributed by atoms with Crippen molar-refractivity contribution in [3.05, 3.63) is 48.0 Å². The molecule has 0 radical (unpaired) electrons. The zero-order valence-corrected chi connectivity index (χ0v) is 11.8. The van der Waals surface area contributed by atoms with E-state index in [1.807, 2.05) is 36.4 Å². The highest BCUT2D eigenvalue weighted by atomic mass is 16.5. The van der Waals surface area contributed by atoms with Crippen LogP contribution in [0.3, 0.4) is 0 Å². The summed E-state index contributed by atoms with van der Waals surface area (Å²) in [5.74, 6) is 1.37. The van der Waals surface area contributed by atoms with Crippen LogP contribution in [0.2, 0.25) is 0 Å². The van der Waals surface area contributed by atoms with E-state index in [4.69, 9.17) is 9.47 Å². The van der Waals surface area contributed by atoms with Gasteiger partial charge in [-0.2, -0.15) is 0 Å². The van der Waals surface area contributed by atoms with Gasteiger partial charge in [0.05, 0.1) is 14.2 Å². The van der Waals surface area contributed by atoms with Crippen LogP contribution in [0.25, 0.3) is 0 Å². The Bertz CT molecular complexity index is 623. The van der Waals surface area contributed by atoms with Crippen LogP contribution in [0.1, 0.15) is 17.3 Å². The van der Waals surface area contributed by atoms with Crippen LogP contribution >= 0.6 is 0 Å². The largest absolute Gasteiger partial charge is 0.493 e.